The first-order valence-electron chi connectivity index (χ1n) is 8.71. The number of halogens is 1. The SMILES string of the molecule is CNc1cc(-c2cccc(F)c2)nc2ccc(-c3ccccc3OC)cc12. The van der Waals surface area contributed by atoms with Gasteiger partial charge in [-0.05, 0) is 42.0 Å². The van der Waals surface area contributed by atoms with Crippen LogP contribution >= 0.6 is 0 Å². The van der Waals surface area contributed by atoms with Crippen LogP contribution in [0.3, 0.4) is 0 Å². The number of nitrogens with zero attached hydrogens (tertiary/aromatic N) is 1. The number of fused-ring (bicyclic) bond motifs is 1. The third-order valence-electron chi connectivity index (χ3n) is 4.62. The number of aromatic nitrogens is 1. The Bertz CT molecular complexity index is 1120. The highest BCUT2D eigenvalue weighted by Gasteiger charge is 2.11. The summed E-state index contributed by atoms with van der Waals surface area (Å²) in [5, 5.41) is 4.24. The Labute approximate surface area is 157 Å². The predicted octanol–water partition coefficient (Wildman–Crippen LogP) is 5.76. The van der Waals surface area contributed by atoms with E-state index in [1.54, 1.807) is 13.2 Å². The van der Waals surface area contributed by atoms with Gasteiger partial charge in [0, 0.05) is 29.2 Å². The number of pyridine rings is 1. The van der Waals surface area contributed by atoms with Crippen LogP contribution in [0.2, 0.25) is 0 Å². The minimum atomic E-state index is -0.271. The molecule has 1 aromatic heterocycles. The molecule has 3 nitrogen and oxygen atoms in total. The average Bonchev–Trinajstić information content (AvgIpc) is 2.72. The van der Waals surface area contributed by atoms with Crippen LogP contribution < -0.4 is 10.1 Å². The number of ether oxygens (including phenoxy) is 1. The second-order valence-corrected chi connectivity index (χ2v) is 6.25. The number of hydrogen-bond donors (Lipinski definition) is 1. The number of nitrogens with one attached hydrogen (secondary N) is 1. The van der Waals surface area contributed by atoms with Gasteiger partial charge in [-0.25, -0.2) is 9.37 Å². The highest BCUT2D eigenvalue weighted by molar-refractivity contribution is 5.96. The van der Waals surface area contributed by atoms with Crippen molar-refractivity contribution in [3.8, 4) is 28.1 Å². The summed E-state index contributed by atoms with van der Waals surface area (Å²) in [6.07, 6.45) is 0. The van der Waals surface area contributed by atoms with Gasteiger partial charge in [-0.3, -0.25) is 0 Å². The Morgan fingerprint density at radius 2 is 1.74 bits per heavy atom. The van der Waals surface area contributed by atoms with Gasteiger partial charge in [-0.2, -0.15) is 0 Å². The summed E-state index contributed by atoms with van der Waals surface area (Å²) in [5.74, 6) is 0.555. The Kier molecular flexibility index (Phi) is 4.47. The zero-order chi connectivity index (χ0) is 18.8. The molecule has 1 N–H and O–H groups in total. The van der Waals surface area contributed by atoms with E-state index in [2.05, 4.69) is 11.4 Å². The summed E-state index contributed by atoms with van der Waals surface area (Å²) < 4.78 is 19.1. The molecular weight excluding hydrogens is 339 g/mol. The van der Waals surface area contributed by atoms with E-state index >= 15 is 0 Å². The zero-order valence-electron chi connectivity index (χ0n) is 15.2. The molecule has 0 radical (unpaired) electrons. The van der Waals surface area contributed by atoms with Crippen molar-refractivity contribution in [1.29, 1.82) is 0 Å². The molecule has 0 saturated heterocycles. The monoisotopic (exact) mass is 358 g/mol. The Balaban J connectivity index is 1.88. The second-order valence-electron chi connectivity index (χ2n) is 6.25. The van der Waals surface area contributed by atoms with Crippen LogP contribution in [-0.4, -0.2) is 19.1 Å². The van der Waals surface area contributed by atoms with Gasteiger partial charge < -0.3 is 10.1 Å². The quantitative estimate of drug-likeness (QED) is 0.504. The van der Waals surface area contributed by atoms with Gasteiger partial charge in [0.2, 0.25) is 0 Å². The number of benzene rings is 3. The molecule has 4 heteroatoms. The molecule has 0 atom stereocenters. The smallest absolute Gasteiger partial charge is 0.126 e. The minimum Gasteiger partial charge on any atom is -0.496 e. The van der Waals surface area contributed by atoms with E-state index in [-0.39, 0.29) is 5.82 Å². The summed E-state index contributed by atoms with van der Waals surface area (Å²) in [5.41, 5.74) is 5.35. The van der Waals surface area contributed by atoms with Crippen molar-refractivity contribution in [1.82, 2.24) is 4.98 Å². The van der Waals surface area contributed by atoms with Gasteiger partial charge in [0.25, 0.3) is 0 Å². The molecule has 0 fully saturated rings. The molecule has 0 saturated carbocycles. The molecule has 0 amide bonds. The average molecular weight is 358 g/mol. The molecule has 0 aliphatic rings. The van der Waals surface area contributed by atoms with Crippen molar-refractivity contribution in [2.45, 2.75) is 0 Å². The fraction of sp³-hybridized carbons (Fsp3) is 0.0870. The first kappa shape index (κ1) is 17.0. The van der Waals surface area contributed by atoms with Gasteiger partial charge in [-0.1, -0.05) is 36.4 Å². The van der Waals surface area contributed by atoms with Crippen molar-refractivity contribution < 1.29 is 9.13 Å². The number of hydrogen-bond acceptors (Lipinski definition) is 3. The minimum absolute atomic E-state index is 0.271. The van der Waals surface area contributed by atoms with Gasteiger partial charge in [0.15, 0.2) is 0 Å². The van der Waals surface area contributed by atoms with E-state index in [1.165, 1.54) is 12.1 Å². The maximum atomic E-state index is 13.6. The molecule has 0 aliphatic carbocycles. The van der Waals surface area contributed by atoms with E-state index in [9.17, 15) is 4.39 Å². The van der Waals surface area contributed by atoms with E-state index in [0.717, 1.165) is 44.7 Å². The first-order valence-corrected chi connectivity index (χ1v) is 8.71. The van der Waals surface area contributed by atoms with Crippen LogP contribution in [0, 0.1) is 5.82 Å². The number of para-hydroxylation sites is 1. The molecule has 1 heterocycles. The summed E-state index contributed by atoms with van der Waals surface area (Å²) in [7, 11) is 3.55. The van der Waals surface area contributed by atoms with Crippen LogP contribution in [0.25, 0.3) is 33.3 Å². The zero-order valence-corrected chi connectivity index (χ0v) is 15.2. The molecule has 4 rings (SSSR count). The lowest BCUT2D eigenvalue weighted by Gasteiger charge is -2.13. The number of methoxy groups -OCH3 is 1. The lowest BCUT2D eigenvalue weighted by molar-refractivity contribution is 0.416. The van der Waals surface area contributed by atoms with Crippen LogP contribution in [0.4, 0.5) is 10.1 Å². The summed E-state index contributed by atoms with van der Waals surface area (Å²) in [6, 6.07) is 22.5. The number of rotatable bonds is 4. The maximum Gasteiger partial charge on any atom is 0.126 e. The highest BCUT2D eigenvalue weighted by atomic mass is 19.1. The third-order valence-corrected chi connectivity index (χ3v) is 4.62. The molecule has 4 aromatic rings. The van der Waals surface area contributed by atoms with E-state index in [0.29, 0.717) is 0 Å². The standard InChI is InChI=1S/C23H19FN2O/c1-25-22-14-21(16-6-5-7-17(24)12-16)26-20-11-10-15(13-19(20)22)18-8-3-4-9-23(18)27-2/h3-14H,1-2H3,(H,25,26). The summed E-state index contributed by atoms with van der Waals surface area (Å²) in [4.78, 5) is 4.73. The van der Waals surface area contributed by atoms with Gasteiger partial charge >= 0.3 is 0 Å². The largest absolute Gasteiger partial charge is 0.496 e. The van der Waals surface area contributed by atoms with Crippen molar-refractivity contribution in [2.75, 3.05) is 19.5 Å². The molecular formula is C23H19FN2O. The lowest BCUT2D eigenvalue weighted by atomic mass is 10.0. The third kappa shape index (κ3) is 3.22. The maximum absolute atomic E-state index is 13.6. The second kappa shape index (κ2) is 7.08. The first-order chi connectivity index (χ1) is 13.2. The van der Waals surface area contributed by atoms with Crippen molar-refractivity contribution in [3.05, 3.63) is 78.6 Å². The molecule has 134 valence electrons. The summed E-state index contributed by atoms with van der Waals surface area (Å²) >= 11 is 0. The van der Waals surface area contributed by atoms with Crippen LogP contribution in [0.5, 0.6) is 5.75 Å². The van der Waals surface area contributed by atoms with Gasteiger partial charge in [0.1, 0.15) is 11.6 Å². The molecule has 27 heavy (non-hydrogen) atoms. The molecule has 0 aliphatic heterocycles. The topological polar surface area (TPSA) is 34.2 Å². The molecule has 0 bridgehead atoms. The molecule has 0 spiro atoms. The Morgan fingerprint density at radius 1 is 0.889 bits per heavy atom. The fourth-order valence-corrected chi connectivity index (χ4v) is 3.28. The van der Waals surface area contributed by atoms with Crippen LogP contribution in [-0.2, 0) is 0 Å². The van der Waals surface area contributed by atoms with Crippen molar-refractivity contribution >= 4 is 16.6 Å². The van der Waals surface area contributed by atoms with Crippen LogP contribution in [0.15, 0.2) is 72.8 Å². The highest BCUT2D eigenvalue weighted by Crippen LogP contribution is 2.35. The lowest BCUT2D eigenvalue weighted by Crippen LogP contribution is -1.95. The van der Waals surface area contributed by atoms with Gasteiger partial charge in [-0.15, -0.1) is 0 Å². The van der Waals surface area contributed by atoms with Crippen molar-refractivity contribution in [2.24, 2.45) is 0 Å². The summed E-state index contributed by atoms with van der Waals surface area (Å²) in [6.45, 7) is 0. The van der Waals surface area contributed by atoms with E-state index in [1.807, 2.05) is 55.6 Å². The normalized spacial score (nSPS) is 10.8. The van der Waals surface area contributed by atoms with Crippen LogP contribution in [0.1, 0.15) is 0 Å². The van der Waals surface area contributed by atoms with E-state index in [4.69, 9.17) is 9.72 Å². The molecule has 0 unspecified atom stereocenters. The predicted molar refractivity (Wildman–Crippen MR) is 109 cm³/mol. The Hall–Kier alpha value is -3.40. The van der Waals surface area contributed by atoms with E-state index < -0.39 is 0 Å². The fourth-order valence-electron chi connectivity index (χ4n) is 3.28. The number of anilines is 1. The van der Waals surface area contributed by atoms with Crippen molar-refractivity contribution in [3.63, 3.8) is 0 Å². The Morgan fingerprint density at radius 3 is 2.52 bits per heavy atom. The van der Waals surface area contributed by atoms with Gasteiger partial charge in [0.05, 0.1) is 18.3 Å². The molecule has 3 aromatic carbocycles.